The number of aromatic nitrogens is 2. The van der Waals surface area contributed by atoms with Gasteiger partial charge in [0.1, 0.15) is 17.5 Å². The Kier molecular flexibility index (Phi) is 3.66. The Hall–Kier alpha value is -2.24. The molecule has 1 aromatic carbocycles. The molecule has 2 aromatic rings. The number of halogens is 2. The van der Waals surface area contributed by atoms with E-state index in [1.165, 1.54) is 18.3 Å². The lowest BCUT2D eigenvalue weighted by atomic mass is 10.3. The molecule has 0 bridgehead atoms. The maximum atomic E-state index is 13.4. The van der Waals surface area contributed by atoms with Crippen LogP contribution in [-0.4, -0.2) is 16.5 Å². The molecule has 0 aliphatic heterocycles. The summed E-state index contributed by atoms with van der Waals surface area (Å²) in [7, 11) is 0. The molecule has 0 fully saturated rings. The third-order valence-corrected chi connectivity index (χ3v) is 2.19. The largest absolute Gasteiger partial charge is 0.369 e. The molecule has 1 aromatic heterocycles. The highest BCUT2D eigenvalue weighted by Crippen LogP contribution is 2.19. The van der Waals surface area contributed by atoms with Crippen molar-refractivity contribution in [1.82, 2.24) is 9.97 Å². The highest BCUT2D eigenvalue weighted by Gasteiger charge is 2.05. The normalized spacial score (nSPS) is 10.2. The third kappa shape index (κ3) is 2.91. The molecule has 0 aliphatic rings. The Balaban J connectivity index is 2.20. The Morgan fingerprint density at radius 2 is 1.94 bits per heavy atom. The van der Waals surface area contributed by atoms with Crippen LogP contribution in [0, 0.1) is 11.6 Å². The number of hydrogen-bond donors (Lipinski definition) is 2. The van der Waals surface area contributed by atoms with Gasteiger partial charge in [-0.3, -0.25) is 4.98 Å². The average molecular weight is 250 g/mol. The Morgan fingerprint density at radius 3 is 2.67 bits per heavy atom. The Bertz CT molecular complexity index is 545. The van der Waals surface area contributed by atoms with Gasteiger partial charge in [-0.1, -0.05) is 0 Å². The van der Waals surface area contributed by atoms with Gasteiger partial charge in [-0.05, 0) is 19.1 Å². The van der Waals surface area contributed by atoms with Crippen LogP contribution in [0.1, 0.15) is 6.92 Å². The first-order valence-corrected chi connectivity index (χ1v) is 5.47. The van der Waals surface area contributed by atoms with E-state index < -0.39 is 11.6 Å². The molecule has 1 heterocycles. The first kappa shape index (κ1) is 12.2. The van der Waals surface area contributed by atoms with Crippen molar-refractivity contribution in [2.24, 2.45) is 0 Å². The molecular weight excluding hydrogens is 238 g/mol. The predicted molar refractivity (Wildman–Crippen MR) is 65.8 cm³/mol. The average Bonchev–Trinajstić information content (AvgIpc) is 2.34. The number of anilines is 3. The van der Waals surface area contributed by atoms with E-state index in [4.69, 9.17) is 0 Å². The fourth-order valence-corrected chi connectivity index (χ4v) is 1.42. The fourth-order valence-electron chi connectivity index (χ4n) is 1.42. The SMILES string of the molecule is CCNc1cncc(Nc2ccc(F)cc2F)n1. The van der Waals surface area contributed by atoms with Crippen LogP contribution >= 0.6 is 0 Å². The van der Waals surface area contributed by atoms with E-state index in [1.807, 2.05) is 6.92 Å². The van der Waals surface area contributed by atoms with Crippen LogP contribution in [0.15, 0.2) is 30.6 Å². The zero-order valence-corrected chi connectivity index (χ0v) is 9.74. The van der Waals surface area contributed by atoms with Gasteiger partial charge in [-0.2, -0.15) is 0 Å². The molecule has 0 spiro atoms. The lowest BCUT2D eigenvalue weighted by molar-refractivity contribution is 0.586. The minimum absolute atomic E-state index is 0.152. The molecule has 0 aliphatic carbocycles. The van der Waals surface area contributed by atoms with Crippen molar-refractivity contribution in [3.8, 4) is 0 Å². The second-order valence-electron chi connectivity index (χ2n) is 3.57. The van der Waals surface area contributed by atoms with E-state index in [1.54, 1.807) is 6.20 Å². The van der Waals surface area contributed by atoms with Crippen LogP contribution < -0.4 is 10.6 Å². The van der Waals surface area contributed by atoms with Gasteiger partial charge in [0, 0.05) is 12.6 Å². The minimum atomic E-state index is -0.675. The summed E-state index contributed by atoms with van der Waals surface area (Å²) in [4.78, 5) is 8.14. The number of nitrogens with zero attached hydrogens (tertiary/aromatic N) is 2. The van der Waals surface area contributed by atoms with Crippen LogP contribution in [0.2, 0.25) is 0 Å². The topological polar surface area (TPSA) is 49.8 Å². The van der Waals surface area contributed by atoms with Crippen LogP contribution in [-0.2, 0) is 0 Å². The van der Waals surface area contributed by atoms with Gasteiger partial charge in [-0.15, -0.1) is 0 Å². The summed E-state index contributed by atoms with van der Waals surface area (Å²) in [5, 5.41) is 5.73. The van der Waals surface area contributed by atoms with Gasteiger partial charge in [-0.25, -0.2) is 13.8 Å². The number of rotatable bonds is 4. The first-order chi connectivity index (χ1) is 8.69. The van der Waals surface area contributed by atoms with E-state index >= 15 is 0 Å². The standard InChI is InChI=1S/C12H12F2N4/c1-2-16-11-6-15-7-12(18-11)17-10-4-3-8(13)5-9(10)14/h3-7H,2H2,1H3,(H2,16,17,18). The van der Waals surface area contributed by atoms with E-state index in [2.05, 4.69) is 20.6 Å². The monoisotopic (exact) mass is 250 g/mol. The number of hydrogen-bond acceptors (Lipinski definition) is 4. The summed E-state index contributed by atoms with van der Waals surface area (Å²) >= 11 is 0. The molecule has 0 radical (unpaired) electrons. The highest BCUT2D eigenvalue weighted by molar-refractivity contribution is 5.57. The molecule has 2 N–H and O–H groups in total. The van der Waals surface area contributed by atoms with Crippen LogP contribution in [0.3, 0.4) is 0 Å². The number of nitrogens with one attached hydrogen (secondary N) is 2. The minimum Gasteiger partial charge on any atom is -0.369 e. The van der Waals surface area contributed by atoms with Crippen molar-refractivity contribution >= 4 is 17.3 Å². The Labute approximate surface area is 103 Å². The second kappa shape index (κ2) is 5.39. The lowest BCUT2D eigenvalue weighted by Gasteiger charge is -2.08. The molecule has 2 rings (SSSR count). The highest BCUT2D eigenvalue weighted by atomic mass is 19.1. The van der Waals surface area contributed by atoms with Gasteiger partial charge >= 0.3 is 0 Å². The molecule has 6 heteroatoms. The first-order valence-electron chi connectivity index (χ1n) is 5.47. The van der Waals surface area contributed by atoms with Crippen LogP contribution in [0.4, 0.5) is 26.1 Å². The molecule has 4 nitrogen and oxygen atoms in total. The number of benzene rings is 1. The predicted octanol–water partition coefficient (Wildman–Crippen LogP) is 2.93. The van der Waals surface area contributed by atoms with Crippen LogP contribution in [0.25, 0.3) is 0 Å². The van der Waals surface area contributed by atoms with Gasteiger partial charge in [0.2, 0.25) is 0 Å². The molecule has 94 valence electrons. The van der Waals surface area contributed by atoms with Crippen LogP contribution in [0.5, 0.6) is 0 Å². The summed E-state index contributed by atoms with van der Waals surface area (Å²) < 4.78 is 26.2. The van der Waals surface area contributed by atoms with E-state index in [0.29, 0.717) is 18.2 Å². The zero-order chi connectivity index (χ0) is 13.0. The lowest BCUT2D eigenvalue weighted by Crippen LogP contribution is -2.03. The van der Waals surface area contributed by atoms with E-state index in [-0.39, 0.29) is 5.69 Å². The summed E-state index contributed by atoms with van der Waals surface area (Å²) in [6, 6.07) is 3.29. The van der Waals surface area contributed by atoms with E-state index in [0.717, 1.165) is 6.07 Å². The van der Waals surface area contributed by atoms with Crippen molar-refractivity contribution in [2.75, 3.05) is 17.2 Å². The quantitative estimate of drug-likeness (QED) is 0.876. The van der Waals surface area contributed by atoms with Gasteiger partial charge in [0.15, 0.2) is 5.82 Å². The summed E-state index contributed by atoms with van der Waals surface area (Å²) in [5.41, 5.74) is 0.152. The molecule has 0 saturated carbocycles. The van der Waals surface area contributed by atoms with Crippen molar-refractivity contribution in [1.29, 1.82) is 0 Å². The molecular formula is C12H12F2N4. The molecule has 0 atom stereocenters. The maximum Gasteiger partial charge on any atom is 0.151 e. The maximum absolute atomic E-state index is 13.4. The van der Waals surface area contributed by atoms with E-state index in [9.17, 15) is 8.78 Å². The van der Waals surface area contributed by atoms with Gasteiger partial charge in [0.05, 0.1) is 18.1 Å². The third-order valence-electron chi connectivity index (χ3n) is 2.19. The summed E-state index contributed by atoms with van der Waals surface area (Å²) in [6.07, 6.45) is 3.03. The van der Waals surface area contributed by atoms with Gasteiger partial charge in [0.25, 0.3) is 0 Å². The Morgan fingerprint density at radius 1 is 1.17 bits per heavy atom. The van der Waals surface area contributed by atoms with Crippen molar-refractivity contribution in [2.45, 2.75) is 6.92 Å². The fraction of sp³-hybridized carbons (Fsp3) is 0.167. The second-order valence-corrected chi connectivity index (χ2v) is 3.57. The van der Waals surface area contributed by atoms with Gasteiger partial charge < -0.3 is 10.6 Å². The zero-order valence-electron chi connectivity index (χ0n) is 9.74. The van der Waals surface area contributed by atoms with Crippen molar-refractivity contribution in [3.63, 3.8) is 0 Å². The molecule has 0 amide bonds. The molecule has 18 heavy (non-hydrogen) atoms. The molecule has 0 unspecified atom stereocenters. The summed E-state index contributed by atoms with van der Waals surface area (Å²) in [6.45, 7) is 2.64. The smallest absolute Gasteiger partial charge is 0.151 e. The van der Waals surface area contributed by atoms with Crippen molar-refractivity contribution < 1.29 is 8.78 Å². The summed E-state index contributed by atoms with van der Waals surface area (Å²) in [5.74, 6) is -0.319. The molecule has 0 saturated heterocycles. The van der Waals surface area contributed by atoms with Crippen molar-refractivity contribution in [3.05, 3.63) is 42.2 Å².